The van der Waals surface area contributed by atoms with Gasteiger partial charge in [0.15, 0.2) is 11.6 Å². The van der Waals surface area contributed by atoms with Crippen LogP contribution in [0.2, 0.25) is 0 Å². The lowest BCUT2D eigenvalue weighted by Crippen LogP contribution is -2.44. The summed E-state index contributed by atoms with van der Waals surface area (Å²) in [6.07, 6.45) is -2.08. The van der Waals surface area contributed by atoms with Gasteiger partial charge in [-0.15, -0.1) is 0 Å². The number of Topliss-reactive ketones (excluding diaryl/α,β-unsaturated/α-hetero) is 2. The molecule has 0 N–H and O–H groups in total. The second kappa shape index (κ2) is 12.3. The molecule has 5 rings (SSSR count). The molecule has 46 heavy (non-hydrogen) atoms. The minimum Gasteiger partial charge on any atom is -0.449 e. The molecule has 2 aliphatic carbocycles. The van der Waals surface area contributed by atoms with Crippen molar-refractivity contribution in [3.8, 4) is 11.5 Å². The van der Waals surface area contributed by atoms with E-state index in [4.69, 9.17) is 9.47 Å². The van der Waals surface area contributed by atoms with Gasteiger partial charge in [0, 0.05) is 67.6 Å². The summed E-state index contributed by atoms with van der Waals surface area (Å²) in [7, 11) is 1.64. The summed E-state index contributed by atoms with van der Waals surface area (Å²) >= 11 is 3.47. The summed E-state index contributed by atoms with van der Waals surface area (Å²) in [4.78, 5) is 40.8. The molecule has 1 heterocycles. The summed E-state index contributed by atoms with van der Waals surface area (Å²) < 4.78 is 51.1. The van der Waals surface area contributed by atoms with Crippen molar-refractivity contribution >= 4 is 33.2 Å². The van der Waals surface area contributed by atoms with Crippen molar-refractivity contribution in [2.24, 2.45) is 10.8 Å². The minimum atomic E-state index is -4.76. The van der Waals surface area contributed by atoms with Crippen molar-refractivity contribution in [2.45, 2.75) is 71.9 Å². The smallest absolute Gasteiger partial charge is 0.416 e. The number of rotatable bonds is 8. The van der Waals surface area contributed by atoms with Crippen LogP contribution in [0.5, 0.6) is 11.5 Å². The zero-order chi connectivity index (χ0) is 33.8. The van der Waals surface area contributed by atoms with Gasteiger partial charge in [-0.2, -0.15) is 13.2 Å². The van der Waals surface area contributed by atoms with Crippen molar-refractivity contribution < 1.29 is 37.2 Å². The standard InChI is InChI=1S/C34H36BrF3N2O6/c1-32(2)15-23-30(25(41)17-32)29(31-24(39(23)11-6-12-45-5)16-33(3,4)18-26(31)42)19-7-9-27(21(35)13-19)46-28-10-8-20(34(36,37)38)14-22(28)40(43)44/h7-10,13-14,29H,6,11-12,15-18H2,1-5H3. The maximum Gasteiger partial charge on any atom is 0.416 e. The lowest BCUT2D eigenvalue weighted by molar-refractivity contribution is -0.385. The van der Waals surface area contributed by atoms with Crippen molar-refractivity contribution in [2.75, 3.05) is 20.3 Å². The van der Waals surface area contributed by atoms with Crippen LogP contribution in [0.4, 0.5) is 18.9 Å². The van der Waals surface area contributed by atoms with E-state index in [9.17, 15) is 32.9 Å². The van der Waals surface area contributed by atoms with Gasteiger partial charge in [0.25, 0.3) is 0 Å². The summed E-state index contributed by atoms with van der Waals surface area (Å²) in [5.41, 5.74) is 1.16. The lowest BCUT2D eigenvalue weighted by atomic mass is 9.63. The number of alkyl halides is 3. The molecule has 0 amide bonds. The number of hydrogen-bond acceptors (Lipinski definition) is 7. The molecule has 246 valence electrons. The number of carbonyl (C=O) groups excluding carboxylic acids is 2. The molecule has 0 radical (unpaired) electrons. The summed E-state index contributed by atoms with van der Waals surface area (Å²) in [5, 5.41) is 11.6. The Morgan fingerprint density at radius 3 is 2.00 bits per heavy atom. The van der Waals surface area contributed by atoms with Crippen molar-refractivity contribution in [1.29, 1.82) is 0 Å². The Morgan fingerprint density at radius 1 is 0.935 bits per heavy atom. The number of halogens is 4. The summed E-state index contributed by atoms with van der Waals surface area (Å²) in [6, 6.07) is 7.04. The molecule has 3 aliphatic rings. The third-order valence-corrected chi connectivity index (χ3v) is 9.36. The van der Waals surface area contributed by atoms with Gasteiger partial charge in [-0.3, -0.25) is 19.7 Å². The summed E-state index contributed by atoms with van der Waals surface area (Å²) in [6.45, 7) is 9.42. The van der Waals surface area contributed by atoms with E-state index in [0.717, 1.165) is 23.5 Å². The highest BCUT2D eigenvalue weighted by atomic mass is 79.9. The number of methoxy groups -OCH3 is 1. The maximum atomic E-state index is 14.0. The summed E-state index contributed by atoms with van der Waals surface area (Å²) in [5.74, 6) is -0.899. The molecule has 0 aromatic heterocycles. The monoisotopic (exact) mass is 704 g/mol. The van der Waals surface area contributed by atoms with Crippen LogP contribution in [0.25, 0.3) is 0 Å². The molecule has 8 nitrogen and oxygen atoms in total. The number of hydrogen-bond donors (Lipinski definition) is 0. The number of carbonyl (C=O) groups is 2. The van der Waals surface area contributed by atoms with Crippen LogP contribution in [-0.4, -0.2) is 41.7 Å². The van der Waals surface area contributed by atoms with E-state index in [1.165, 1.54) is 0 Å². The van der Waals surface area contributed by atoms with Crippen molar-refractivity contribution in [3.05, 3.63) is 84.7 Å². The van der Waals surface area contributed by atoms with Gasteiger partial charge in [-0.05, 0) is 75.9 Å². The van der Waals surface area contributed by atoms with Crippen LogP contribution in [0.1, 0.15) is 76.8 Å². The maximum absolute atomic E-state index is 14.0. The quantitative estimate of drug-likeness (QED) is 0.154. The SMILES string of the molecule is COCCCN1C2=C(C(=O)CC(C)(C)C2)C(c2ccc(Oc3ccc(C(F)(F)F)cc3[N+](=O)[O-])c(Br)c2)C2=C1CC(C)(C)CC2=O. The molecule has 0 fully saturated rings. The molecule has 2 aromatic rings. The van der Waals surface area contributed by atoms with E-state index in [1.807, 2.05) is 0 Å². The van der Waals surface area contributed by atoms with E-state index in [-0.39, 0.29) is 33.9 Å². The van der Waals surface area contributed by atoms with Crippen LogP contribution >= 0.6 is 15.9 Å². The zero-order valence-corrected chi connectivity index (χ0v) is 27.9. The number of ketones is 2. The fourth-order valence-electron chi connectivity index (χ4n) is 6.84. The van der Waals surface area contributed by atoms with Crippen LogP contribution in [0, 0.1) is 20.9 Å². The number of ether oxygens (including phenoxy) is 2. The number of nitro benzene ring substituents is 1. The Balaban J connectivity index is 1.61. The molecular weight excluding hydrogens is 669 g/mol. The van der Waals surface area contributed by atoms with Crippen molar-refractivity contribution in [3.63, 3.8) is 0 Å². The molecule has 0 saturated heterocycles. The highest BCUT2D eigenvalue weighted by Crippen LogP contribution is 2.55. The van der Waals surface area contributed by atoms with Crippen molar-refractivity contribution in [1.82, 2.24) is 4.90 Å². The van der Waals surface area contributed by atoms with Gasteiger partial charge in [-0.1, -0.05) is 33.8 Å². The Hall–Kier alpha value is -3.51. The van der Waals surface area contributed by atoms with Crippen LogP contribution in [0.3, 0.4) is 0 Å². The second-order valence-electron chi connectivity index (χ2n) is 13.8. The molecule has 2 aromatic carbocycles. The Bertz CT molecular complexity index is 1620. The predicted octanol–water partition coefficient (Wildman–Crippen LogP) is 8.89. The van der Waals surface area contributed by atoms with Crippen LogP contribution in [-0.2, 0) is 20.5 Å². The molecule has 0 bridgehead atoms. The van der Waals surface area contributed by atoms with E-state index in [1.54, 1.807) is 25.3 Å². The first-order valence-electron chi connectivity index (χ1n) is 15.0. The molecule has 0 atom stereocenters. The topological polar surface area (TPSA) is 99.0 Å². The first-order valence-corrected chi connectivity index (χ1v) is 15.8. The van der Waals surface area contributed by atoms with Gasteiger partial charge in [-0.25, -0.2) is 0 Å². The van der Waals surface area contributed by atoms with Crippen LogP contribution < -0.4 is 4.74 Å². The van der Waals surface area contributed by atoms with E-state index in [2.05, 4.69) is 48.5 Å². The van der Waals surface area contributed by atoms with E-state index < -0.39 is 28.3 Å². The van der Waals surface area contributed by atoms with Gasteiger partial charge < -0.3 is 14.4 Å². The van der Waals surface area contributed by atoms with E-state index in [0.29, 0.717) is 72.5 Å². The van der Waals surface area contributed by atoms with Gasteiger partial charge in [0.1, 0.15) is 5.75 Å². The lowest BCUT2D eigenvalue weighted by Gasteiger charge is -2.49. The Labute approximate surface area is 273 Å². The largest absolute Gasteiger partial charge is 0.449 e. The number of benzene rings is 2. The molecule has 0 saturated carbocycles. The number of allylic oxidation sites excluding steroid dienone is 4. The van der Waals surface area contributed by atoms with Crippen LogP contribution in [0.15, 0.2) is 63.4 Å². The van der Waals surface area contributed by atoms with Gasteiger partial charge >= 0.3 is 11.9 Å². The minimum absolute atomic E-state index is 0.0194. The average molecular weight is 706 g/mol. The number of nitro groups is 1. The molecule has 1 aliphatic heterocycles. The Kier molecular flexibility index (Phi) is 9.02. The average Bonchev–Trinajstić information content (AvgIpc) is 2.92. The highest BCUT2D eigenvalue weighted by Gasteiger charge is 2.49. The van der Waals surface area contributed by atoms with Gasteiger partial charge in [0.05, 0.1) is 15.0 Å². The fraction of sp³-hybridized carbons (Fsp3) is 0.471. The van der Waals surface area contributed by atoms with E-state index >= 15 is 0 Å². The molecule has 12 heteroatoms. The highest BCUT2D eigenvalue weighted by molar-refractivity contribution is 9.10. The predicted molar refractivity (Wildman–Crippen MR) is 168 cm³/mol. The first-order chi connectivity index (χ1) is 21.4. The first kappa shape index (κ1) is 33.8. The third kappa shape index (κ3) is 6.64. The second-order valence-corrected chi connectivity index (χ2v) is 14.6. The number of nitrogens with zero attached hydrogens (tertiary/aromatic N) is 2. The normalized spacial score (nSPS) is 19.7. The molecule has 0 unspecified atom stereocenters. The fourth-order valence-corrected chi connectivity index (χ4v) is 7.32. The van der Waals surface area contributed by atoms with Gasteiger partial charge in [0.2, 0.25) is 5.75 Å². The Morgan fingerprint density at radius 2 is 1.50 bits per heavy atom. The zero-order valence-electron chi connectivity index (χ0n) is 26.3. The third-order valence-electron chi connectivity index (χ3n) is 8.74. The molecule has 0 spiro atoms. The molecular formula is C34H36BrF3N2O6.